The molecule has 2 atom stereocenters. The number of ether oxygens (including phenoxy) is 2. The van der Waals surface area contributed by atoms with Crippen LogP contribution in [0.3, 0.4) is 0 Å². The fraction of sp³-hybridized carbons (Fsp3) is 0.355. The molecule has 1 fully saturated rings. The molecule has 40 heavy (non-hydrogen) atoms. The van der Waals surface area contributed by atoms with Crippen LogP contribution in [0.4, 0.5) is 0 Å². The number of fused-ring (bicyclic) bond motifs is 2. The van der Waals surface area contributed by atoms with Crippen molar-refractivity contribution in [2.75, 3.05) is 40.8 Å². The minimum atomic E-state index is -1.39. The molecule has 1 amide bonds. The number of amides is 1. The number of aromatic nitrogens is 3. The van der Waals surface area contributed by atoms with Crippen molar-refractivity contribution in [3.05, 3.63) is 77.6 Å². The first-order chi connectivity index (χ1) is 19.4. The Morgan fingerprint density at radius 3 is 2.75 bits per heavy atom. The molecule has 1 saturated heterocycles. The van der Waals surface area contributed by atoms with Crippen LogP contribution in [-0.4, -0.2) is 70.9 Å². The standard InChI is InChI=1S/C31H32N6O3/c1-35(2)29(38)31(17-24-8-4-5-9-25(24)40-31)26-27(23-12-10-21(18-32)11-13-23)34-30(37-16-14-33-28(26)37)39-20-22-7-6-15-36(3)19-22/h4-5,8-14,16,22H,6-7,15,17,19-20H2,1-3H3/t22-,31?/m1/s1. The summed E-state index contributed by atoms with van der Waals surface area (Å²) >= 11 is 0. The number of nitriles is 1. The summed E-state index contributed by atoms with van der Waals surface area (Å²) in [5, 5.41) is 9.40. The van der Waals surface area contributed by atoms with Crippen LogP contribution in [-0.2, 0) is 16.8 Å². The van der Waals surface area contributed by atoms with Gasteiger partial charge in [-0.05, 0) is 50.2 Å². The second-order valence-electron chi connectivity index (χ2n) is 10.9. The lowest BCUT2D eigenvalue weighted by atomic mass is 9.85. The van der Waals surface area contributed by atoms with Gasteiger partial charge in [0, 0.05) is 50.9 Å². The zero-order valence-electron chi connectivity index (χ0n) is 23.0. The minimum absolute atomic E-state index is 0.204. The fourth-order valence-corrected chi connectivity index (χ4v) is 5.91. The van der Waals surface area contributed by atoms with E-state index in [-0.39, 0.29) is 5.91 Å². The number of carbonyl (C=O) groups is 1. The highest BCUT2D eigenvalue weighted by atomic mass is 16.5. The van der Waals surface area contributed by atoms with Crippen molar-refractivity contribution in [3.8, 4) is 29.1 Å². The van der Waals surface area contributed by atoms with Gasteiger partial charge in [0.05, 0.1) is 29.5 Å². The van der Waals surface area contributed by atoms with E-state index in [1.54, 1.807) is 37.3 Å². The molecule has 204 valence electrons. The molecule has 0 saturated carbocycles. The zero-order valence-corrected chi connectivity index (χ0v) is 23.0. The molecule has 2 aliphatic rings. The van der Waals surface area contributed by atoms with Crippen LogP contribution in [0.2, 0.25) is 0 Å². The molecule has 0 spiro atoms. The van der Waals surface area contributed by atoms with Crippen LogP contribution in [0.25, 0.3) is 16.9 Å². The number of hydrogen-bond acceptors (Lipinski definition) is 7. The number of imidazole rings is 1. The van der Waals surface area contributed by atoms with Crippen molar-refractivity contribution in [2.45, 2.75) is 24.9 Å². The Labute approximate surface area is 233 Å². The molecule has 9 nitrogen and oxygen atoms in total. The predicted octanol–water partition coefficient (Wildman–Crippen LogP) is 3.91. The molecule has 6 rings (SSSR count). The van der Waals surface area contributed by atoms with Gasteiger partial charge in [-0.1, -0.05) is 30.3 Å². The van der Waals surface area contributed by atoms with Crippen LogP contribution in [0.15, 0.2) is 60.9 Å². The van der Waals surface area contributed by atoms with E-state index in [1.165, 1.54) is 0 Å². The Kier molecular flexibility index (Phi) is 6.64. The third-order valence-electron chi connectivity index (χ3n) is 7.82. The van der Waals surface area contributed by atoms with Gasteiger partial charge in [0.1, 0.15) is 5.75 Å². The molecule has 0 bridgehead atoms. The molecule has 0 N–H and O–H groups in total. The summed E-state index contributed by atoms with van der Waals surface area (Å²) in [5.41, 5.74) is 2.49. The summed E-state index contributed by atoms with van der Waals surface area (Å²) in [6.07, 6.45) is 6.08. The third kappa shape index (κ3) is 4.44. The Morgan fingerprint density at radius 2 is 2.02 bits per heavy atom. The van der Waals surface area contributed by atoms with E-state index in [4.69, 9.17) is 19.4 Å². The molecule has 2 aromatic carbocycles. The van der Waals surface area contributed by atoms with Crippen LogP contribution >= 0.6 is 0 Å². The normalized spacial score (nSPS) is 20.5. The van der Waals surface area contributed by atoms with Crippen molar-refractivity contribution < 1.29 is 14.3 Å². The zero-order chi connectivity index (χ0) is 27.9. The molecule has 2 aliphatic heterocycles. The van der Waals surface area contributed by atoms with Crippen LogP contribution in [0.1, 0.15) is 29.5 Å². The highest BCUT2D eigenvalue weighted by molar-refractivity contribution is 5.93. The number of likely N-dealkylation sites (N-methyl/N-ethyl adjacent to an activating group) is 1. The van der Waals surface area contributed by atoms with E-state index in [0.717, 1.165) is 37.1 Å². The van der Waals surface area contributed by atoms with Gasteiger partial charge in [-0.2, -0.15) is 10.2 Å². The first-order valence-electron chi connectivity index (χ1n) is 13.6. The Bertz CT molecular complexity index is 1580. The van der Waals surface area contributed by atoms with Crippen molar-refractivity contribution in [2.24, 2.45) is 5.92 Å². The largest absolute Gasteiger partial charge is 0.472 e. The van der Waals surface area contributed by atoms with E-state index in [1.807, 2.05) is 47.0 Å². The molecule has 9 heteroatoms. The average Bonchev–Trinajstić information content (AvgIpc) is 3.61. The third-order valence-corrected chi connectivity index (χ3v) is 7.82. The monoisotopic (exact) mass is 536 g/mol. The van der Waals surface area contributed by atoms with Gasteiger partial charge in [0.25, 0.3) is 5.91 Å². The minimum Gasteiger partial charge on any atom is -0.472 e. The number of piperidine rings is 1. The average molecular weight is 537 g/mol. The predicted molar refractivity (Wildman–Crippen MR) is 150 cm³/mol. The summed E-state index contributed by atoms with van der Waals surface area (Å²) in [4.78, 5) is 27.8. The lowest BCUT2D eigenvalue weighted by molar-refractivity contribution is -0.145. The maximum atomic E-state index is 14.1. The summed E-state index contributed by atoms with van der Waals surface area (Å²) in [6.45, 7) is 2.60. The fourth-order valence-electron chi connectivity index (χ4n) is 5.91. The number of benzene rings is 2. The van der Waals surface area contributed by atoms with E-state index in [2.05, 4.69) is 18.0 Å². The van der Waals surface area contributed by atoms with Gasteiger partial charge in [-0.15, -0.1) is 0 Å². The van der Waals surface area contributed by atoms with Crippen LogP contribution in [0.5, 0.6) is 11.8 Å². The number of nitrogens with zero attached hydrogens (tertiary/aromatic N) is 6. The maximum Gasteiger partial charge on any atom is 0.302 e. The van der Waals surface area contributed by atoms with Gasteiger partial charge in [0.15, 0.2) is 5.65 Å². The molecule has 2 aromatic heterocycles. The Morgan fingerprint density at radius 1 is 1.23 bits per heavy atom. The first kappa shape index (κ1) is 25.8. The van der Waals surface area contributed by atoms with Crippen LogP contribution in [0, 0.1) is 17.2 Å². The highest BCUT2D eigenvalue weighted by Gasteiger charge is 2.52. The maximum absolute atomic E-state index is 14.1. The van der Waals surface area contributed by atoms with Crippen molar-refractivity contribution in [3.63, 3.8) is 0 Å². The second-order valence-corrected chi connectivity index (χ2v) is 10.9. The highest BCUT2D eigenvalue weighted by Crippen LogP contribution is 2.47. The molecule has 1 unspecified atom stereocenters. The van der Waals surface area contributed by atoms with Gasteiger partial charge >= 0.3 is 6.01 Å². The van der Waals surface area contributed by atoms with E-state index < -0.39 is 5.60 Å². The first-order valence-corrected chi connectivity index (χ1v) is 13.6. The van der Waals surface area contributed by atoms with E-state index >= 15 is 0 Å². The van der Waals surface area contributed by atoms with Crippen molar-refractivity contribution in [1.29, 1.82) is 5.26 Å². The quantitative estimate of drug-likeness (QED) is 0.369. The van der Waals surface area contributed by atoms with Crippen LogP contribution < -0.4 is 9.47 Å². The number of carbonyl (C=O) groups excluding carboxylic acids is 1. The molecule has 4 aromatic rings. The van der Waals surface area contributed by atoms with Gasteiger partial charge in [0.2, 0.25) is 5.60 Å². The van der Waals surface area contributed by atoms with Crippen molar-refractivity contribution >= 4 is 11.6 Å². The number of hydrogen-bond donors (Lipinski definition) is 0. The summed E-state index contributed by atoms with van der Waals surface area (Å²) in [5.74, 6) is 0.852. The molecule has 4 heterocycles. The Balaban J connectivity index is 1.54. The SMILES string of the molecule is CN1CCC[C@@H](COc2nc(-c3ccc(C#N)cc3)c(C3(C(=O)N(C)C)Cc4ccccc4O3)c3nccn23)C1. The molecular formula is C31H32N6O3. The van der Waals surface area contributed by atoms with Gasteiger partial charge in [-0.25, -0.2) is 4.98 Å². The smallest absolute Gasteiger partial charge is 0.302 e. The second kappa shape index (κ2) is 10.3. The van der Waals surface area contributed by atoms with Crippen molar-refractivity contribution in [1.82, 2.24) is 24.2 Å². The summed E-state index contributed by atoms with van der Waals surface area (Å²) < 4.78 is 14.8. The lowest BCUT2D eigenvalue weighted by Gasteiger charge is -2.32. The number of rotatable bonds is 6. The Hall–Kier alpha value is -4.42. The summed E-state index contributed by atoms with van der Waals surface area (Å²) in [7, 11) is 5.59. The summed E-state index contributed by atoms with van der Waals surface area (Å²) in [6, 6.07) is 17.5. The lowest BCUT2D eigenvalue weighted by Crippen LogP contribution is -2.48. The molecule has 0 radical (unpaired) electrons. The number of para-hydroxylation sites is 1. The van der Waals surface area contributed by atoms with Gasteiger partial charge in [-0.3, -0.25) is 9.20 Å². The topological polar surface area (TPSA) is 96.0 Å². The van der Waals surface area contributed by atoms with Gasteiger partial charge < -0.3 is 19.3 Å². The molecular weight excluding hydrogens is 504 g/mol. The molecule has 0 aliphatic carbocycles. The van der Waals surface area contributed by atoms with E-state index in [0.29, 0.717) is 53.2 Å². The number of likely N-dealkylation sites (tertiary alicyclic amines) is 1. The van der Waals surface area contributed by atoms with E-state index in [9.17, 15) is 10.1 Å².